The average molecular weight is 550 g/mol. The minimum absolute atomic E-state index is 0.0438. The van der Waals surface area contributed by atoms with Gasteiger partial charge in [0.1, 0.15) is 6.54 Å². The van der Waals surface area contributed by atoms with Gasteiger partial charge in [-0.1, -0.05) is 93.8 Å². The smallest absolute Gasteiger partial charge is 0.254 e. The molecule has 5 nitrogen and oxygen atoms in total. The zero-order valence-electron chi connectivity index (χ0n) is 24.5. The molecular weight excluding hydrogens is 506 g/mol. The van der Waals surface area contributed by atoms with Gasteiger partial charge in [-0.2, -0.15) is 0 Å². The van der Waals surface area contributed by atoms with Crippen LogP contribution in [-0.4, -0.2) is 45.3 Å². The van der Waals surface area contributed by atoms with Crippen molar-refractivity contribution in [3.05, 3.63) is 108 Å². The summed E-state index contributed by atoms with van der Waals surface area (Å²) in [6, 6.07) is 28.8. The number of rotatable bonds is 11. The van der Waals surface area contributed by atoms with Gasteiger partial charge >= 0.3 is 0 Å². The monoisotopic (exact) mass is 549 g/mol. The van der Waals surface area contributed by atoms with Crippen LogP contribution in [0.4, 0.5) is 0 Å². The Morgan fingerprint density at radius 2 is 1.59 bits per heavy atom. The van der Waals surface area contributed by atoms with Crippen LogP contribution in [0.2, 0.25) is 0 Å². The number of carbonyl (C=O) groups is 2. The quantitative estimate of drug-likeness (QED) is 0.194. The summed E-state index contributed by atoms with van der Waals surface area (Å²) in [5.74, 6) is 0.413. The maximum atomic E-state index is 14.2. The van der Waals surface area contributed by atoms with Crippen LogP contribution in [-0.2, 0) is 17.9 Å². The van der Waals surface area contributed by atoms with Gasteiger partial charge in [-0.3, -0.25) is 9.59 Å². The first-order valence-electron chi connectivity index (χ1n) is 15.2. The Bertz CT molecular complexity index is 1440. The van der Waals surface area contributed by atoms with Gasteiger partial charge in [-0.05, 0) is 65.8 Å². The minimum atomic E-state index is -0.0687. The van der Waals surface area contributed by atoms with Gasteiger partial charge in [0.15, 0.2) is 0 Å². The Hall–Kier alpha value is -3.86. The van der Waals surface area contributed by atoms with Crippen molar-refractivity contribution in [3.63, 3.8) is 0 Å². The molecule has 0 bridgehead atoms. The van der Waals surface area contributed by atoms with Gasteiger partial charge in [0, 0.05) is 36.6 Å². The number of carbonyl (C=O) groups excluding carboxylic acids is 2. The first kappa shape index (κ1) is 28.7. The van der Waals surface area contributed by atoms with E-state index in [1.807, 2.05) is 42.5 Å². The summed E-state index contributed by atoms with van der Waals surface area (Å²) in [5, 5.41) is 2.15. The van der Waals surface area contributed by atoms with Crippen molar-refractivity contribution in [1.29, 1.82) is 0 Å². The summed E-state index contributed by atoms with van der Waals surface area (Å²) in [4.78, 5) is 31.9. The molecule has 1 saturated carbocycles. The van der Waals surface area contributed by atoms with E-state index in [0.29, 0.717) is 24.6 Å². The van der Waals surface area contributed by atoms with E-state index in [-0.39, 0.29) is 24.4 Å². The molecule has 0 radical (unpaired) electrons. The molecule has 5 heteroatoms. The number of hydrogen-bond donors (Lipinski definition) is 0. The van der Waals surface area contributed by atoms with Crippen molar-refractivity contribution < 1.29 is 9.59 Å². The zero-order chi connectivity index (χ0) is 28.6. The van der Waals surface area contributed by atoms with Crippen LogP contribution in [0, 0.1) is 5.92 Å². The third-order valence-corrected chi connectivity index (χ3v) is 8.37. The van der Waals surface area contributed by atoms with Gasteiger partial charge in [0.2, 0.25) is 5.91 Å². The van der Waals surface area contributed by atoms with Gasteiger partial charge in [-0.15, -0.1) is 0 Å². The van der Waals surface area contributed by atoms with Gasteiger partial charge < -0.3 is 14.4 Å². The van der Waals surface area contributed by atoms with Crippen LogP contribution in [0.25, 0.3) is 10.8 Å². The van der Waals surface area contributed by atoms with Crippen LogP contribution in [0.1, 0.15) is 74.0 Å². The second kappa shape index (κ2) is 13.7. The van der Waals surface area contributed by atoms with E-state index in [1.54, 1.807) is 4.90 Å². The van der Waals surface area contributed by atoms with E-state index >= 15 is 0 Å². The molecule has 0 spiro atoms. The van der Waals surface area contributed by atoms with Crippen molar-refractivity contribution >= 4 is 22.6 Å². The highest BCUT2D eigenvalue weighted by atomic mass is 16.2. The number of nitrogens with zero attached hydrogens (tertiary/aromatic N) is 3. The Morgan fingerprint density at radius 3 is 2.34 bits per heavy atom. The molecule has 3 aromatic carbocycles. The molecule has 0 unspecified atom stereocenters. The van der Waals surface area contributed by atoms with Crippen molar-refractivity contribution in [1.82, 2.24) is 14.4 Å². The third-order valence-electron chi connectivity index (χ3n) is 8.37. The summed E-state index contributed by atoms with van der Waals surface area (Å²) >= 11 is 0. The minimum Gasteiger partial charge on any atom is -0.345 e. The van der Waals surface area contributed by atoms with Crippen LogP contribution in [0.3, 0.4) is 0 Å². The molecule has 0 aliphatic heterocycles. The maximum Gasteiger partial charge on any atom is 0.254 e. The Labute approximate surface area is 244 Å². The van der Waals surface area contributed by atoms with E-state index in [2.05, 4.69) is 72.0 Å². The maximum absolute atomic E-state index is 14.2. The lowest BCUT2D eigenvalue weighted by Gasteiger charge is -2.36. The molecule has 4 aromatic rings. The van der Waals surface area contributed by atoms with Crippen molar-refractivity contribution in [2.75, 3.05) is 13.1 Å². The molecule has 41 heavy (non-hydrogen) atoms. The Balaban J connectivity index is 1.38. The molecule has 2 amide bonds. The average Bonchev–Trinajstić information content (AvgIpc) is 3.44. The van der Waals surface area contributed by atoms with Crippen LogP contribution in [0.5, 0.6) is 0 Å². The van der Waals surface area contributed by atoms with Crippen LogP contribution < -0.4 is 0 Å². The molecule has 1 aliphatic rings. The third kappa shape index (κ3) is 7.46. The van der Waals surface area contributed by atoms with E-state index < -0.39 is 0 Å². The Morgan fingerprint density at radius 1 is 0.854 bits per heavy atom. The number of benzene rings is 3. The molecule has 0 saturated heterocycles. The fourth-order valence-electron chi connectivity index (χ4n) is 5.94. The lowest BCUT2D eigenvalue weighted by molar-refractivity contribution is -0.135. The summed E-state index contributed by atoms with van der Waals surface area (Å²) in [6.45, 7) is 6.33. The van der Waals surface area contributed by atoms with Crippen LogP contribution in [0.15, 0.2) is 91.1 Å². The lowest BCUT2D eigenvalue weighted by Crippen LogP contribution is -2.48. The first-order chi connectivity index (χ1) is 20.0. The van der Waals surface area contributed by atoms with Gasteiger partial charge in [-0.25, -0.2) is 0 Å². The Kier molecular flexibility index (Phi) is 9.55. The molecule has 5 rings (SSSR count). The molecule has 0 atom stereocenters. The van der Waals surface area contributed by atoms with Crippen molar-refractivity contribution in [2.45, 2.75) is 71.5 Å². The number of hydrogen-bond acceptors (Lipinski definition) is 2. The van der Waals surface area contributed by atoms with E-state index in [0.717, 1.165) is 55.1 Å². The summed E-state index contributed by atoms with van der Waals surface area (Å²) in [5.41, 5.74) is 3.00. The molecule has 1 fully saturated rings. The standard InChI is InChI=1S/C36H43N3O2/c1-28(2)21-23-38(36(41)32-20-19-30-14-9-10-15-31(30)24-32)27-35(40)39(33-16-7-4-8-17-33)26-34-18-11-22-37(34)25-29-12-5-3-6-13-29/h3,5-6,9-15,18-20,22,24,28,33H,4,7-8,16-17,21,23,25-27H2,1-2H3. The predicted octanol–water partition coefficient (Wildman–Crippen LogP) is 7.54. The molecule has 1 aromatic heterocycles. The van der Waals surface area contributed by atoms with Crippen LogP contribution >= 0.6 is 0 Å². The summed E-state index contributed by atoms with van der Waals surface area (Å²) in [7, 11) is 0. The largest absolute Gasteiger partial charge is 0.345 e. The van der Waals surface area contributed by atoms with Gasteiger partial charge in [0.25, 0.3) is 5.91 Å². The molecule has 0 N–H and O–H groups in total. The van der Waals surface area contributed by atoms with E-state index in [4.69, 9.17) is 0 Å². The zero-order valence-corrected chi connectivity index (χ0v) is 24.5. The first-order valence-corrected chi connectivity index (χ1v) is 15.2. The molecule has 1 heterocycles. The lowest BCUT2D eigenvalue weighted by atomic mass is 9.94. The fourth-order valence-corrected chi connectivity index (χ4v) is 5.94. The van der Waals surface area contributed by atoms with E-state index in [1.165, 1.54) is 12.0 Å². The summed E-state index contributed by atoms with van der Waals surface area (Å²) in [6.07, 6.45) is 8.52. The number of amides is 2. The van der Waals surface area contributed by atoms with E-state index in [9.17, 15) is 9.59 Å². The number of aromatic nitrogens is 1. The molecule has 1 aliphatic carbocycles. The normalized spacial score (nSPS) is 13.9. The van der Waals surface area contributed by atoms with Crippen molar-refractivity contribution in [2.24, 2.45) is 5.92 Å². The second-order valence-corrected chi connectivity index (χ2v) is 11.9. The molecule has 214 valence electrons. The predicted molar refractivity (Wildman–Crippen MR) is 167 cm³/mol. The summed E-state index contributed by atoms with van der Waals surface area (Å²) < 4.78 is 2.25. The highest BCUT2D eigenvalue weighted by Gasteiger charge is 2.29. The topological polar surface area (TPSA) is 45.6 Å². The second-order valence-electron chi connectivity index (χ2n) is 11.9. The fraction of sp³-hybridized carbons (Fsp3) is 0.389. The highest BCUT2D eigenvalue weighted by Crippen LogP contribution is 2.25. The van der Waals surface area contributed by atoms with Gasteiger partial charge in [0.05, 0.1) is 6.54 Å². The number of fused-ring (bicyclic) bond motifs is 1. The highest BCUT2D eigenvalue weighted by molar-refractivity contribution is 6.00. The van der Waals surface area contributed by atoms with Crippen molar-refractivity contribution in [3.8, 4) is 0 Å². The SMILES string of the molecule is CC(C)CCN(CC(=O)N(Cc1cccn1Cc1ccccc1)C1CCCCC1)C(=O)c1ccc2ccccc2c1. The molecular formula is C36H43N3O2.